The van der Waals surface area contributed by atoms with Crippen LogP contribution in [0.1, 0.15) is 30.7 Å². The summed E-state index contributed by atoms with van der Waals surface area (Å²) in [6.07, 6.45) is 10.3. The van der Waals surface area contributed by atoms with Crippen molar-refractivity contribution in [3.05, 3.63) is 53.5 Å². The Hall–Kier alpha value is -3.83. The molecule has 2 aromatic carbocycles. The number of halogens is 2. The summed E-state index contributed by atoms with van der Waals surface area (Å²) in [5.74, 6) is 2.05. The van der Waals surface area contributed by atoms with Gasteiger partial charge in [-0.2, -0.15) is 0 Å². The maximum atomic E-state index is 16.1. The van der Waals surface area contributed by atoms with Crippen LogP contribution in [0.3, 0.4) is 0 Å². The Kier molecular flexibility index (Phi) is 5.95. The minimum absolute atomic E-state index is 0.0129. The first kappa shape index (κ1) is 22.9. The fraction of sp³-hybridized carbons (Fsp3) is 0.296. The Morgan fingerprint density at radius 3 is 2.80 bits per heavy atom. The van der Waals surface area contributed by atoms with Crippen LogP contribution < -0.4 is 10.2 Å². The normalized spacial score (nSPS) is 16.4. The second-order valence-corrected chi connectivity index (χ2v) is 8.86. The minimum atomic E-state index is -0.673. The molecular weight excluding hydrogens is 448 g/mol. The molecule has 0 amide bonds. The largest absolute Gasteiger partial charge is 0.508 e. The molecule has 1 aliphatic rings. The van der Waals surface area contributed by atoms with Crippen LogP contribution in [-0.2, 0) is 0 Å². The van der Waals surface area contributed by atoms with Crippen molar-refractivity contribution in [1.82, 2.24) is 20.3 Å². The number of benzene rings is 2. The summed E-state index contributed by atoms with van der Waals surface area (Å²) in [6, 6.07) is 5.83. The Labute approximate surface area is 202 Å². The van der Waals surface area contributed by atoms with Crippen LogP contribution in [0.25, 0.3) is 32.9 Å². The van der Waals surface area contributed by atoms with Gasteiger partial charge in [0.15, 0.2) is 5.82 Å². The maximum Gasteiger partial charge on any atom is 0.175 e. The molecule has 1 fully saturated rings. The number of phenolic OH excluding ortho intramolecular Hbond substituents is 1. The van der Waals surface area contributed by atoms with Crippen LogP contribution in [0, 0.1) is 30.9 Å². The average molecular weight is 474 g/mol. The van der Waals surface area contributed by atoms with Gasteiger partial charge in [0.1, 0.15) is 34.4 Å². The fourth-order valence-electron chi connectivity index (χ4n) is 4.90. The van der Waals surface area contributed by atoms with E-state index in [4.69, 9.17) is 6.42 Å². The van der Waals surface area contributed by atoms with Gasteiger partial charge in [-0.1, -0.05) is 18.4 Å². The van der Waals surface area contributed by atoms with Crippen LogP contribution in [0.2, 0.25) is 0 Å². The van der Waals surface area contributed by atoms with Crippen molar-refractivity contribution in [3.63, 3.8) is 0 Å². The highest BCUT2D eigenvalue weighted by atomic mass is 19.1. The van der Waals surface area contributed by atoms with Gasteiger partial charge in [0, 0.05) is 36.3 Å². The Morgan fingerprint density at radius 1 is 1.20 bits per heavy atom. The predicted molar refractivity (Wildman–Crippen MR) is 133 cm³/mol. The Balaban J connectivity index is 1.74. The number of terminal acetylenes is 1. The molecule has 0 bridgehead atoms. The van der Waals surface area contributed by atoms with Crippen LogP contribution >= 0.6 is 0 Å². The number of phenols is 1. The zero-order valence-electron chi connectivity index (χ0n) is 19.6. The Bertz CT molecular complexity index is 1500. The van der Waals surface area contributed by atoms with E-state index < -0.39 is 11.6 Å². The lowest BCUT2D eigenvalue weighted by atomic mass is 9.96. The van der Waals surface area contributed by atoms with Gasteiger partial charge >= 0.3 is 0 Å². The molecule has 178 valence electrons. The molecule has 8 heteroatoms. The lowest BCUT2D eigenvalue weighted by molar-refractivity contribution is 0.476. The van der Waals surface area contributed by atoms with Crippen LogP contribution in [0.5, 0.6) is 5.75 Å². The number of aromatic nitrogens is 3. The van der Waals surface area contributed by atoms with Crippen molar-refractivity contribution in [1.29, 1.82) is 0 Å². The van der Waals surface area contributed by atoms with Crippen molar-refractivity contribution >= 4 is 27.5 Å². The molecule has 0 spiro atoms. The van der Waals surface area contributed by atoms with E-state index in [0.29, 0.717) is 33.8 Å². The van der Waals surface area contributed by atoms with Crippen LogP contribution in [0.4, 0.5) is 14.6 Å². The topological polar surface area (TPSA) is 74.2 Å². The highest BCUT2D eigenvalue weighted by molar-refractivity contribution is 6.02. The zero-order chi connectivity index (χ0) is 24.7. The summed E-state index contributed by atoms with van der Waals surface area (Å²) in [6.45, 7) is 3.27. The van der Waals surface area contributed by atoms with E-state index in [1.807, 2.05) is 7.05 Å². The summed E-state index contributed by atoms with van der Waals surface area (Å²) < 4.78 is 30.6. The molecule has 2 N–H and O–H groups in total. The van der Waals surface area contributed by atoms with Gasteiger partial charge in [-0.05, 0) is 50.4 Å². The van der Waals surface area contributed by atoms with Gasteiger partial charge in [-0.25, -0.2) is 18.7 Å². The summed E-state index contributed by atoms with van der Waals surface area (Å²) >= 11 is 0. The molecule has 2 aromatic heterocycles. The van der Waals surface area contributed by atoms with Gasteiger partial charge in [-0.15, -0.1) is 6.42 Å². The molecule has 4 aromatic rings. The second-order valence-electron chi connectivity index (χ2n) is 8.86. The number of nitrogens with one attached hydrogen (secondary N) is 1. The number of likely N-dealkylation sites (N-methyl/N-ethyl adjacent to an activating group) is 1. The van der Waals surface area contributed by atoms with E-state index in [9.17, 15) is 9.50 Å². The van der Waals surface area contributed by atoms with Crippen molar-refractivity contribution in [2.24, 2.45) is 0 Å². The van der Waals surface area contributed by atoms with Gasteiger partial charge in [0.05, 0.1) is 10.9 Å². The number of rotatable bonds is 3. The van der Waals surface area contributed by atoms with E-state index in [1.54, 1.807) is 13.1 Å². The van der Waals surface area contributed by atoms with Gasteiger partial charge in [-0.3, -0.25) is 4.98 Å². The number of anilines is 1. The lowest BCUT2D eigenvalue weighted by Crippen LogP contribution is -2.38. The SMILES string of the molecule is C#Cc1c(F)ccc2cc(O)cc(-c3ncc4c(N5CCCCC(NC)C5)nc(C)nc4c3F)c12. The minimum Gasteiger partial charge on any atom is -0.508 e. The quantitative estimate of drug-likeness (QED) is 0.421. The molecule has 0 saturated carbocycles. The molecule has 0 aliphatic carbocycles. The highest BCUT2D eigenvalue weighted by Gasteiger charge is 2.24. The van der Waals surface area contributed by atoms with Crippen LogP contribution in [-0.4, -0.2) is 46.2 Å². The molecule has 1 unspecified atom stereocenters. The van der Waals surface area contributed by atoms with E-state index in [1.165, 1.54) is 24.3 Å². The molecular formula is C27H25F2N5O. The summed E-state index contributed by atoms with van der Waals surface area (Å²) in [5, 5.41) is 14.9. The third kappa shape index (κ3) is 4.02. The number of hydrogen-bond donors (Lipinski definition) is 2. The van der Waals surface area contributed by atoms with Crippen molar-refractivity contribution in [2.75, 3.05) is 25.0 Å². The van der Waals surface area contributed by atoms with Crippen molar-refractivity contribution in [3.8, 4) is 29.4 Å². The summed E-state index contributed by atoms with van der Waals surface area (Å²) in [5.41, 5.74) is 0.252. The fourth-order valence-corrected chi connectivity index (χ4v) is 4.90. The number of nitrogens with zero attached hydrogens (tertiary/aromatic N) is 4. The standard InChI is InChI=1S/C27H25F2N5O/c1-4-19-22(28)9-8-16-11-18(35)12-20(23(16)19)25-24(29)26-21(13-31-25)27(33-15(2)32-26)34-10-6-5-7-17(14-34)30-3/h1,8-9,11-13,17,30,35H,5-7,10,14H2,2-3H3. The zero-order valence-corrected chi connectivity index (χ0v) is 19.6. The first-order chi connectivity index (χ1) is 16.9. The number of hydrogen-bond acceptors (Lipinski definition) is 6. The molecule has 0 radical (unpaired) electrons. The predicted octanol–water partition coefficient (Wildman–Crippen LogP) is 4.70. The molecule has 1 atom stereocenters. The highest BCUT2D eigenvalue weighted by Crippen LogP contribution is 2.38. The summed E-state index contributed by atoms with van der Waals surface area (Å²) in [7, 11) is 1.94. The molecule has 1 aliphatic heterocycles. The monoisotopic (exact) mass is 473 g/mol. The van der Waals surface area contributed by atoms with Crippen molar-refractivity contribution < 1.29 is 13.9 Å². The van der Waals surface area contributed by atoms with E-state index in [-0.39, 0.29) is 28.1 Å². The van der Waals surface area contributed by atoms with Gasteiger partial charge < -0.3 is 15.3 Å². The van der Waals surface area contributed by atoms with Gasteiger partial charge in [0.25, 0.3) is 0 Å². The van der Waals surface area contributed by atoms with Gasteiger partial charge in [0.2, 0.25) is 0 Å². The molecule has 35 heavy (non-hydrogen) atoms. The average Bonchev–Trinajstić information content (AvgIpc) is 3.10. The summed E-state index contributed by atoms with van der Waals surface area (Å²) in [4.78, 5) is 15.6. The molecule has 6 nitrogen and oxygen atoms in total. The number of fused-ring (bicyclic) bond motifs is 2. The maximum absolute atomic E-state index is 16.1. The number of aryl methyl sites for hydroxylation is 1. The third-order valence-corrected chi connectivity index (χ3v) is 6.61. The van der Waals surface area contributed by atoms with E-state index in [2.05, 4.69) is 31.1 Å². The second kappa shape index (κ2) is 9.08. The molecule has 5 rings (SSSR count). The van der Waals surface area contributed by atoms with Crippen LogP contribution in [0.15, 0.2) is 30.5 Å². The Morgan fingerprint density at radius 2 is 2.03 bits per heavy atom. The third-order valence-electron chi connectivity index (χ3n) is 6.61. The van der Waals surface area contributed by atoms with E-state index in [0.717, 1.165) is 32.4 Å². The number of aromatic hydroxyl groups is 1. The van der Waals surface area contributed by atoms with E-state index >= 15 is 4.39 Å². The van der Waals surface area contributed by atoms with Crippen molar-refractivity contribution in [2.45, 2.75) is 32.2 Å². The number of pyridine rings is 1. The smallest absolute Gasteiger partial charge is 0.175 e. The lowest BCUT2D eigenvalue weighted by Gasteiger charge is -2.26. The first-order valence-electron chi connectivity index (χ1n) is 11.6. The molecule has 1 saturated heterocycles. The first-order valence-corrected chi connectivity index (χ1v) is 11.6. The molecule has 3 heterocycles.